The summed E-state index contributed by atoms with van der Waals surface area (Å²) in [5.74, 6) is 0.139. The number of carbonyl (C=O) groups is 1. The fraction of sp³-hybridized carbons (Fsp3) is 0.600. The van der Waals surface area contributed by atoms with E-state index in [4.69, 9.17) is 4.74 Å². The van der Waals surface area contributed by atoms with E-state index >= 15 is 0 Å². The summed E-state index contributed by atoms with van der Waals surface area (Å²) < 4.78 is 5.37. The third-order valence-corrected chi connectivity index (χ3v) is 4.78. The minimum absolute atomic E-state index is 0.112. The fourth-order valence-electron chi connectivity index (χ4n) is 2.28. The summed E-state index contributed by atoms with van der Waals surface area (Å²) >= 11 is 1.55. The zero-order valence-electron chi connectivity index (χ0n) is 12.0. The minimum atomic E-state index is -0.112. The highest BCUT2D eigenvalue weighted by atomic mass is 32.2. The molecule has 1 aliphatic carbocycles. The Bertz CT molecular complexity index is 461. The van der Waals surface area contributed by atoms with E-state index in [-0.39, 0.29) is 11.2 Å². The molecule has 2 aliphatic rings. The molecule has 1 N–H and O–H groups in total. The van der Waals surface area contributed by atoms with Crippen molar-refractivity contribution in [2.75, 3.05) is 32.8 Å². The molecule has 0 aromatic carbocycles. The van der Waals surface area contributed by atoms with E-state index in [0.717, 1.165) is 50.7 Å². The summed E-state index contributed by atoms with van der Waals surface area (Å²) in [4.78, 5) is 19.1. The van der Waals surface area contributed by atoms with Gasteiger partial charge in [0.1, 0.15) is 5.25 Å². The van der Waals surface area contributed by atoms with E-state index in [9.17, 15) is 4.79 Å². The number of amides is 1. The molecule has 6 heteroatoms. The summed E-state index contributed by atoms with van der Waals surface area (Å²) in [6.07, 6.45) is 4.00. The van der Waals surface area contributed by atoms with E-state index in [1.807, 2.05) is 18.2 Å². The molecule has 0 radical (unpaired) electrons. The molecular formula is C15H21N3O2S. The van der Waals surface area contributed by atoms with Crippen LogP contribution in [0.3, 0.4) is 0 Å². The number of rotatable bonds is 6. The average Bonchev–Trinajstić information content (AvgIpc) is 3.33. The topological polar surface area (TPSA) is 54.5 Å². The normalized spacial score (nSPS) is 21.0. The Morgan fingerprint density at radius 3 is 2.90 bits per heavy atom. The predicted molar refractivity (Wildman–Crippen MR) is 82.3 cm³/mol. The van der Waals surface area contributed by atoms with Crippen molar-refractivity contribution in [1.82, 2.24) is 15.2 Å². The van der Waals surface area contributed by atoms with Gasteiger partial charge in [-0.15, -0.1) is 0 Å². The maximum absolute atomic E-state index is 12.5. The van der Waals surface area contributed by atoms with Gasteiger partial charge >= 0.3 is 0 Å². The van der Waals surface area contributed by atoms with E-state index in [1.165, 1.54) is 0 Å². The number of pyridine rings is 1. The van der Waals surface area contributed by atoms with Crippen molar-refractivity contribution in [2.24, 2.45) is 0 Å². The number of morpholine rings is 1. The number of hydrogen-bond donors (Lipinski definition) is 1. The lowest BCUT2D eigenvalue weighted by molar-refractivity contribution is -0.121. The van der Waals surface area contributed by atoms with Crippen molar-refractivity contribution in [2.45, 2.75) is 29.2 Å². The molecule has 114 valence electrons. The van der Waals surface area contributed by atoms with Crippen LogP contribution in [-0.4, -0.2) is 59.9 Å². The second kappa shape index (κ2) is 7.24. The van der Waals surface area contributed by atoms with Gasteiger partial charge in [0.25, 0.3) is 0 Å². The monoisotopic (exact) mass is 307 g/mol. The van der Waals surface area contributed by atoms with Crippen LogP contribution in [0.15, 0.2) is 29.4 Å². The molecule has 1 aromatic rings. The Labute approximate surface area is 129 Å². The van der Waals surface area contributed by atoms with E-state index in [2.05, 4.69) is 15.2 Å². The Balaban J connectivity index is 1.62. The number of carbonyl (C=O) groups excluding carboxylic acids is 1. The van der Waals surface area contributed by atoms with E-state index in [1.54, 1.807) is 18.0 Å². The smallest absolute Gasteiger partial charge is 0.235 e. The van der Waals surface area contributed by atoms with Gasteiger partial charge < -0.3 is 10.1 Å². The highest BCUT2D eigenvalue weighted by Gasteiger charge is 2.29. The predicted octanol–water partition coefficient (Wildman–Crippen LogP) is 1.15. The second-order valence-corrected chi connectivity index (χ2v) is 6.69. The molecule has 1 amide bonds. The number of nitrogens with one attached hydrogen (secondary N) is 1. The molecular weight excluding hydrogens is 286 g/mol. The molecule has 0 spiro atoms. The first-order chi connectivity index (χ1) is 10.3. The number of aromatic nitrogens is 1. The second-order valence-electron chi connectivity index (χ2n) is 5.47. The Morgan fingerprint density at radius 2 is 2.24 bits per heavy atom. The quantitative estimate of drug-likeness (QED) is 0.799. The third kappa shape index (κ3) is 4.69. The average molecular weight is 307 g/mol. The van der Waals surface area contributed by atoms with Crippen LogP contribution in [0.2, 0.25) is 0 Å². The summed E-state index contributed by atoms with van der Waals surface area (Å²) in [6.45, 7) is 4.06. The van der Waals surface area contributed by atoms with Crippen molar-refractivity contribution < 1.29 is 9.53 Å². The zero-order chi connectivity index (χ0) is 14.5. The van der Waals surface area contributed by atoms with Crippen molar-refractivity contribution >= 4 is 17.7 Å². The molecule has 1 atom stereocenters. The lowest BCUT2D eigenvalue weighted by Crippen LogP contribution is -2.45. The SMILES string of the molecule is O=C(NC1CC1)C(CN1CCOCC1)Sc1ccccn1. The van der Waals surface area contributed by atoms with Gasteiger partial charge in [0.2, 0.25) is 5.91 Å². The zero-order valence-corrected chi connectivity index (χ0v) is 12.8. The summed E-state index contributed by atoms with van der Waals surface area (Å²) in [5, 5.41) is 3.91. The van der Waals surface area contributed by atoms with Gasteiger partial charge in [0.15, 0.2) is 0 Å². The Kier molecular flexibility index (Phi) is 5.11. The van der Waals surface area contributed by atoms with Crippen LogP contribution < -0.4 is 5.32 Å². The van der Waals surface area contributed by atoms with Crippen LogP contribution in [0, 0.1) is 0 Å². The maximum atomic E-state index is 12.5. The largest absolute Gasteiger partial charge is 0.379 e. The van der Waals surface area contributed by atoms with Crippen LogP contribution in [-0.2, 0) is 9.53 Å². The first-order valence-electron chi connectivity index (χ1n) is 7.49. The van der Waals surface area contributed by atoms with Crippen molar-refractivity contribution in [3.05, 3.63) is 24.4 Å². The third-order valence-electron chi connectivity index (χ3n) is 3.64. The Hall–Kier alpha value is -1.11. The minimum Gasteiger partial charge on any atom is -0.379 e. The van der Waals surface area contributed by atoms with Gasteiger partial charge in [-0.25, -0.2) is 4.98 Å². The fourth-order valence-corrected chi connectivity index (χ4v) is 3.31. The first kappa shape index (κ1) is 14.8. The van der Waals surface area contributed by atoms with Crippen molar-refractivity contribution in [3.8, 4) is 0 Å². The van der Waals surface area contributed by atoms with Gasteiger partial charge in [-0.1, -0.05) is 17.8 Å². The molecule has 5 nitrogen and oxygen atoms in total. The number of nitrogens with zero attached hydrogens (tertiary/aromatic N) is 2. The van der Waals surface area contributed by atoms with Crippen molar-refractivity contribution in [3.63, 3.8) is 0 Å². The Morgan fingerprint density at radius 1 is 1.43 bits per heavy atom. The summed E-state index contributed by atoms with van der Waals surface area (Å²) in [7, 11) is 0. The number of thioether (sulfide) groups is 1. The molecule has 1 saturated carbocycles. The van der Waals surface area contributed by atoms with Crippen LogP contribution >= 0.6 is 11.8 Å². The molecule has 2 heterocycles. The molecule has 2 fully saturated rings. The van der Waals surface area contributed by atoms with Gasteiger partial charge in [-0.2, -0.15) is 0 Å². The molecule has 0 bridgehead atoms. The standard InChI is InChI=1S/C15H21N3O2S/c19-15(17-12-4-5-12)13(11-18-7-9-20-10-8-18)21-14-3-1-2-6-16-14/h1-3,6,12-13H,4-5,7-11H2,(H,17,19). The molecule has 1 saturated heterocycles. The van der Waals surface area contributed by atoms with Gasteiger partial charge in [0.05, 0.1) is 18.2 Å². The van der Waals surface area contributed by atoms with Crippen LogP contribution in [0.5, 0.6) is 0 Å². The number of ether oxygens (including phenoxy) is 1. The lowest BCUT2D eigenvalue weighted by atomic mass is 10.3. The molecule has 21 heavy (non-hydrogen) atoms. The first-order valence-corrected chi connectivity index (χ1v) is 8.37. The molecule has 1 aliphatic heterocycles. The lowest BCUT2D eigenvalue weighted by Gasteiger charge is -2.29. The maximum Gasteiger partial charge on any atom is 0.235 e. The van der Waals surface area contributed by atoms with E-state index in [0.29, 0.717) is 6.04 Å². The van der Waals surface area contributed by atoms with Gasteiger partial charge in [-0.05, 0) is 25.0 Å². The highest BCUT2D eigenvalue weighted by molar-refractivity contribution is 8.00. The highest BCUT2D eigenvalue weighted by Crippen LogP contribution is 2.25. The molecule has 1 aromatic heterocycles. The summed E-state index contributed by atoms with van der Waals surface area (Å²) in [6, 6.07) is 6.21. The van der Waals surface area contributed by atoms with Crippen molar-refractivity contribution in [1.29, 1.82) is 0 Å². The number of hydrogen-bond acceptors (Lipinski definition) is 5. The van der Waals surface area contributed by atoms with Gasteiger partial charge in [-0.3, -0.25) is 9.69 Å². The van der Waals surface area contributed by atoms with E-state index < -0.39 is 0 Å². The summed E-state index contributed by atoms with van der Waals surface area (Å²) in [5.41, 5.74) is 0. The molecule has 3 rings (SSSR count). The van der Waals surface area contributed by atoms with Crippen LogP contribution in [0.4, 0.5) is 0 Å². The van der Waals surface area contributed by atoms with Crippen LogP contribution in [0.1, 0.15) is 12.8 Å². The van der Waals surface area contributed by atoms with Gasteiger partial charge in [0, 0.05) is 31.9 Å². The molecule has 1 unspecified atom stereocenters. The van der Waals surface area contributed by atoms with Crippen LogP contribution in [0.25, 0.3) is 0 Å².